The summed E-state index contributed by atoms with van der Waals surface area (Å²) in [5, 5.41) is 4.16. The summed E-state index contributed by atoms with van der Waals surface area (Å²) in [7, 11) is 0. The zero-order valence-electron chi connectivity index (χ0n) is 13.9. The Morgan fingerprint density at radius 2 is 2.16 bits per heavy atom. The van der Waals surface area contributed by atoms with Crippen LogP contribution >= 0.6 is 11.8 Å². The van der Waals surface area contributed by atoms with Crippen LogP contribution in [0.25, 0.3) is 10.9 Å². The van der Waals surface area contributed by atoms with Gasteiger partial charge in [0.25, 0.3) is 5.56 Å². The molecule has 1 amide bonds. The van der Waals surface area contributed by atoms with Crippen molar-refractivity contribution in [2.75, 3.05) is 12.4 Å². The summed E-state index contributed by atoms with van der Waals surface area (Å²) in [4.78, 5) is 29.6. The SMILES string of the molecule is O=C(CSc1nc2ccccc2c(=O)n1CC1CCCO1)NC1CC1. The van der Waals surface area contributed by atoms with Gasteiger partial charge in [-0.2, -0.15) is 0 Å². The second kappa shape index (κ2) is 7.17. The van der Waals surface area contributed by atoms with Crippen LogP contribution in [0.3, 0.4) is 0 Å². The van der Waals surface area contributed by atoms with E-state index in [1.165, 1.54) is 11.8 Å². The van der Waals surface area contributed by atoms with Crippen LogP contribution in [0.4, 0.5) is 0 Å². The maximum atomic E-state index is 12.9. The first-order valence-electron chi connectivity index (χ1n) is 8.74. The number of para-hydroxylation sites is 1. The molecule has 0 spiro atoms. The lowest BCUT2D eigenvalue weighted by atomic mass is 10.2. The summed E-state index contributed by atoms with van der Waals surface area (Å²) in [5.74, 6) is 0.269. The molecule has 1 aromatic heterocycles. The lowest BCUT2D eigenvalue weighted by Gasteiger charge is -2.16. The highest BCUT2D eigenvalue weighted by molar-refractivity contribution is 7.99. The van der Waals surface area contributed by atoms with Gasteiger partial charge in [-0.15, -0.1) is 0 Å². The predicted octanol–water partition coefficient (Wildman–Crippen LogP) is 1.95. The van der Waals surface area contributed by atoms with Crippen molar-refractivity contribution in [2.24, 2.45) is 0 Å². The number of benzene rings is 1. The van der Waals surface area contributed by atoms with Gasteiger partial charge in [0.15, 0.2) is 5.16 Å². The summed E-state index contributed by atoms with van der Waals surface area (Å²) in [6.45, 7) is 1.23. The molecular formula is C18H21N3O3S. The average molecular weight is 359 g/mol. The predicted molar refractivity (Wildman–Crippen MR) is 96.9 cm³/mol. The highest BCUT2D eigenvalue weighted by Crippen LogP contribution is 2.22. The molecule has 25 heavy (non-hydrogen) atoms. The largest absolute Gasteiger partial charge is 0.376 e. The van der Waals surface area contributed by atoms with Gasteiger partial charge in [0.1, 0.15) is 0 Å². The normalized spacial score (nSPS) is 20.1. The van der Waals surface area contributed by atoms with Gasteiger partial charge in [-0.25, -0.2) is 4.98 Å². The first kappa shape index (κ1) is 16.6. The molecule has 4 rings (SSSR count). The van der Waals surface area contributed by atoms with Crippen LogP contribution < -0.4 is 10.9 Å². The van der Waals surface area contributed by atoms with E-state index >= 15 is 0 Å². The Morgan fingerprint density at radius 3 is 2.92 bits per heavy atom. The molecule has 1 unspecified atom stereocenters. The standard InChI is InChI=1S/C18H21N3O3S/c22-16(19-12-7-8-12)11-25-18-20-15-6-2-1-5-14(15)17(23)21(18)10-13-4-3-9-24-13/h1-2,5-6,12-13H,3-4,7-11H2,(H,19,22). The Kier molecular flexibility index (Phi) is 4.76. The van der Waals surface area contributed by atoms with Crippen molar-refractivity contribution in [3.05, 3.63) is 34.6 Å². The third-order valence-corrected chi connectivity index (χ3v) is 5.49. The number of hydrogen-bond donors (Lipinski definition) is 1. The van der Waals surface area contributed by atoms with Crippen LogP contribution in [-0.4, -0.2) is 40.0 Å². The Balaban J connectivity index is 1.61. The van der Waals surface area contributed by atoms with Crippen LogP contribution in [0, 0.1) is 0 Å². The minimum atomic E-state index is -0.0637. The first-order chi connectivity index (χ1) is 12.2. The molecule has 0 radical (unpaired) electrons. The van der Waals surface area contributed by atoms with Crippen molar-refractivity contribution >= 4 is 28.6 Å². The molecule has 1 saturated carbocycles. The molecule has 1 atom stereocenters. The number of nitrogens with zero attached hydrogens (tertiary/aromatic N) is 2. The summed E-state index contributed by atoms with van der Waals surface area (Å²) < 4.78 is 7.36. The van der Waals surface area contributed by atoms with E-state index in [2.05, 4.69) is 10.3 Å². The molecule has 1 N–H and O–H groups in total. The number of nitrogens with one attached hydrogen (secondary N) is 1. The van der Waals surface area contributed by atoms with E-state index < -0.39 is 0 Å². The van der Waals surface area contributed by atoms with Gasteiger partial charge in [0, 0.05) is 12.6 Å². The van der Waals surface area contributed by atoms with Gasteiger partial charge < -0.3 is 10.1 Å². The minimum Gasteiger partial charge on any atom is -0.376 e. The molecule has 2 aliphatic rings. The Hall–Kier alpha value is -1.86. The zero-order valence-corrected chi connectivity index (χ0v) is 14.8. The van der Waals surface area contributed by atoms with Crippen molar-refractivity contribution < 1.29 is 9.53 Å². The van der Waals surface area contributed by atoms with Crippen molar-refractivity contribution in [3.63, 3.8) is 0 Å². The molecule has 0 bridgehead atoms. The van der Waals surface area contributed by atoms with E-state index in [0.717, 1.165) is 32.3 Å². The molecule has 1 aromatic carbocycles. The minimum absolute atomic E-state index is 0.00132. The van der Waals surface area contributed by atoms with E-state index in [0.29, 0.717) is 28.6 Å². The molecule has 1 aliphatic carbocycles. The monoisotopic (exact) mass is 359 g/mol. The molecule has 132 valence electrons. The smallest absolute Gasteiger partial charge is 0.262 e. The third-order valence-electron chi connectivity index (χ3n) is 4.51. The van der Waals surface area contributed by atoms with Gasteiger partial charge >= 0.3 is 0 Å². The van der Waals surface area contributed by atoms with Crippen molar-refractivity contribution in [1.82, 2.24) is 14.9 Å². The second-order valence-corrected chi connectivity index (χ2v) is 7.54. The number of carbonyl (C=O) groups excluding carboxylic acids is 1. The van der Waals surface area contributed by atoms with Crippen LogP contribution in [0.5, 0.6) is 0 Å². The molecule has 6 nitrogen and oxygen atoms in total. The van der Waals surface area contributed by atoms with Crippen molar-refractivity contribution in [2.45, 2.75) is 49.5 Å². The first-order valence-corrected chi connectivity index (χ1v) is 9.72. The molecule has 7 heteroatoms. The topological polar surface area (TPSA) is 73.2 Å². The Morgan fingerprint density at radius 1 is 1.32 bits per heavy atom. The van der Waals surface area contributed by atoms with Crippen molar-refractivity contribution in [3.8, 4) is 0 Å². The lowest BCUT2D eigenvalue weighted by Crippen LogP contribution is -2.30. The molecule has 2 heterocycles. The second-order valence-electron chi connectivity index (χ2n) is 6.59. The van der Waals surface area contributed by atoms with Gasteiger partial charge in [-0.05, 0) is 37.8 Å². The molecule has 1 saturated heterocycles. The zero-order chi connectivity index (χ0) is 17.2. The van der Waals surface area contributed by atoms with E-state index in [4.69, 9.17) is 4.74 Å². The van der Waals surface area contributed by atoms with Gasteiger partial charge in [0.05, 0.1) is 29.3 Å². The highest BCUT2D eigenvalue weighted by atomic mass is 32.2. The van der Waals surface area contributed by atoms with E-state index in [-0.39, 0.29) is 23.3 Å². The summed E-state index contributed by atoms with van der Waals surface area (Å²) in [5.41, 5.74) is 0.604. The van der Waals surface area contributed by atoms with E-state index in [9.17, 15) is 9.59 Å². The van der Waals surface area contributed by atoms with Crippen LogP contribution in [-0.2, 0) is 16.1 Å². The van der Waals surface area contributed by atoms with Gasteiger partial charge in [-0.1, -0.05) is 23.9 Å². The fourth-order valence-electron chi connectivity index (χ4n) is 3.04. The number of fused-ring (bicyclic) bond motifs is 1. The van der Waals surface area contributed by atoms with Crippen molar-refractivity contribution in [1.29, 1.82) is 0 Å². The van der Waals surface area contributed by atoms with Crippen LogP contribution in [0.1, 0.15) is 25.7 Å². The quantitative estimate of drug-likeness (QED) is 0.630. The lowest BCUT2D eigenvalue weighted by molar-refractivity contribution is -0.118. The van der Waals surface area contributed by atoms with E-state index in [1.54, 1.807) is 10.6 Å². The molecular weight excluding hydrogens is 338 g/mol. The van der Waals surface area contributed by atoms with Gasteiger partial charge in [0.2, 0.25) is 5.91 Å². The Labute approximate surface area is 150 Å². The van der Waals surface area contributed by atoms with Crippen LogP contribution in [0.15, 0.2) is 34.2 Å². The maximum Gasteiger partial charge on any atom is 0.262 e. The number of amides is 1. The number of ether oxygens (including phenoxy) is 1. The number of carbonyl (C=O) groups is 1. The van der Waals surface area contributed by atoms with E-state index in [1.807, 2.05) is 18.2 Å². The fourth-order valence-corrected chi connectivity index (χ4v) is 3.86. The number of aromatic nitrogens is 2. The Bertz CT molecular complexity index is 841. The number of thioether (sulfide) groups is 1. The number of rotatable bonds is 6. The van der Waals surface area contributed by atoms with Crippen LogP contribution in [0.2, 0.25) is 0 Å². The number of hydrogen-bond acceptors (Lipinski definition) is 5. The van der Waals surface area contributed by atoms with Gasteiger partial charge in [-0.3, -0.25) is 14.2 Å². The molecule has 2 fully saturated rings. The molecule has 1 aliphatic heterocycles. The maximum absolute atomic E-state index is 12.9. The highest BCUT2D eigenvalue weighted by Gasteiger charge is 2.24. The fraction of sp³-hybridized carbons (Fsp3) is 0.500. The summed E-state index contributed by atoms with van der Waals surface area (Å²) in [6.07, 6.45) is 4.14. The average Bonchev–Trinajstić information content (AvgIpc) is 3.27. The molecule has 2 aromatic rings. The third kappa shape index (κ3) is 3.88. The summed E-state index contributed by atoms with van der Waals surface area (Å²) >= 11 is 1.32. The summed E-state index contributed by atoms with van der Waals surface area (Å²) in [6, 6.07) is 7.68.